The van der Waals surface area contributed by atoms with Crippen molar-refractivity contribution in [1.29, 1.82) is 0 Å². The highest BCUT2D eigenvalue weighted by molar-refractivity contribution is 7.91. The van der Waals surface area contributed by atoms with E-state index >= 15 is 0 Å². The molecule has 6 nitrogen and oxygen atoms in total. The molecular weight excluding hydrogens is 288 g/mol. The molecule has 1 aliphatic heterocycles. The number of guanidine groups is 1. The molecule has 0 aliphatic carbocycles. The van der Waals surface area contributed by atoms with Gasteiger partial charge in [-0.25, -0.2) is 8.42 Å². The van der Waals surface area contributed by atoms with E-state index in [0.29, 0.717) is 24.3 Å². The van der Waals surface area contributed by atoms with Crippen LogP contribution in [0.1, 0.15) is 26.7 Å². The second-order valence-corrected chi connectivity index (χ2v) is 8.67. The van der Waals surface area contributed by atoms with E-state index in [1.54, 1.807) is 7.05 Å². The van der Waals surface area contributed by atoms with Crippen LogP contribution < -0.4 is 10.6 Å². The molecule has 2 unspecified atom stereocenters. The van der Waals surface area contributed by atoms with Crippen LogP contribution in [0.5, 0.6) is 0 Å². The Morgan fingerprint density at radius 1 is 1.38 bits per heavy atom. The number of hydrogen-bond acceptors (Lipinski definition) is 4. The molecular formula is C14H30N4O2S. The molecule has 0 spiro atoms. The minimum absolute atomic E-state index is 0.0240. The number of hydrogen-bond donors (Lipinski definition) is 2. The lowest BCUT2D eigenvalue weighted by Crippen LogP contribution is -2.48. The van der Waals surface area contributed by atoms with E-state index in [0.717, 1.165) is 13.0 Å². The van der Waals surface area contributed by atoms with Gasteiger partial charge in [-0.1, -0.05) is 13.8 Å². The van der Waals surface area contributed by atoms with Crippen molar-refractivity contribution in [2.24, 2.45) is 10.9 Å². The lowest BCUT2D eigenvalue weighted by molar-refractivity contribution is 0.254. The second kappa shape index (κ2) is 7.98. The molecule has 1 saturated heterocycles. The molecule has 7 heteroatoms. The molecule has 0 aromatic heterocycles. The van der Waals surface area contributed by atoms with Gasteiger partial charge < -0.3 is 15.5 Å². The summed E-state index contributed by atoms with van der Waals surface area (Å²) in [5.41, 5.74) is 0. The highest BCUT2D eigenvalue weighted by Gasteiger charge is 2.28. The standard InChI is InChI=1S/C14H30N4O2S/c1-11(2)8-13(18(4)5)9-16-14(15-3)17-12-6-7-21(19,20)10-12/h11-13H,6-10H2,1-5H3,(H2,15,16,17). The van der Waals surface area contributed by atoms with Crippen LogP contribution in [0.4, 0.5) is 0 Å². The van der Waals surface area contributed by atoms with Gasteiger partial charge in [0.2, 0.25) is 0 Å². The van der Waals surface area contributed by atoms with Gasteiger partial charge in [0.1, 0.15) is 0 Å². The third kappa shape index (κ3) is 6.65. The van der Waals surface area contributed by atoms with Gasteiger partial charge in [-0.15, -0.1) is 0 Å². The molecule has 0 amide bonds. The number of likely N-dealkylation sites (N-methyl/N-ethyl adjacent to an activating group) is 1. The van der Waals surface area contributed by atoms with Crippen LogP contribution >= 0.6 is 0 Å². The molecule has 0 radical (unpaired) electrons. The van der Waals surface area contributed by atoms with Crippen molar-refractivity contribution >= 4 is 15.8 Å². The Hall–Kier alpha value is -0.820. The molecule has 2 N–H and O–H groups in total. The largest absolute Gasteiger partial charge is 0.355 e. The fraction of sp³-hybridized carbons (Fsp3) is 0.929. The van der Waals surface area contributed by atoms with Crippen LogP contribution in [0.3, 0.4) is 0 Å². The zero-order valence-corrected chi connectivity index (χ0v) is 14.7. The number of rotatable bonds is 6. The van der Waals surface area contributed by atoms with Crippen molar-refractivity contribution < 1.29 is 8.42 Å². The lowest BCUT2D eigenvalue weighted by Gasteiger charge is -2.27. The summed E-state index contributed by atoms with van der Waals surface area (Å²) in [6.07, 6.45) is 1.76. The first-order valence-corrected chi connectivity index (χ1v) is 9.39. The maximum absolute atomic E-state index is 11.5. The summed E-state index contributed by atoms with van der Waals surface area (Å²) in [5.74, 6) is 1.80. The van der Waals surface area contributed by atoms with Gasteiger partial charge in [-0.2, -0.15) is 0 Å². The average molecular weight is 318 g/mol. The maximum Gasteiger partial charge on any atom is 0.191 e. The topological polar surface area (TPSA) is 73.8 Å². The SMILES string of the molecule is CN=C(NCC(CC(C)C)N(C)C)NC1CCS(=O)(=O)C1. The first kappa shape index (κ1) is 18.2. The summed E-state index contributed by atoms with van der Waals surface area (Å²) >= 11 is 0. The normalized spacial score (nSPS) is 23.6. The van der Waals surface area contributed by atoms with Crippen LogP contribution in [0.2, 0.25) is 0 Å². The van der Waals surface area contributed by atoms with Crippen LogP contribution in [-0.2, 0) is 9.84 Å². The minimum atomic E-state index is -2.86. The van der Waals surface area contributed by atoms with Gasteiger partial charge in [0.15, 0.2) is 15.8 Å². The molecule has 0 bridgehead atoms. The summed E-state index contributed by atoms with van der Waals surface area (Å²) in [5, 5.41) is 6.52. The highest BCUT2D eigenvalue weighted by atomic mass is 32.2. The Bertz CT molecular complexity index is 446. The first-order chi connectivity index (χ1) is 9.73. The van der Waals surface area contributed by atoms with Crippen molar-refractivity contribution in [3.8, 4) is 0 Å². The van der Waals surface area contributed by atoms with Gasteiger partial charge in [0.05, 0.1) is 11.5 Å². The van der Waals surface area contributed by atoms with Crippen molar-refractivity contribution in [3.05, 3.63) is 0 Å². The molecule has 1 heterocycles. The molecule has 1 fully saturated rings. The van der Waals surface area contributed by atoms with Crippen LogP contribution in [0.15, 0.2) is 4.99 Å². The smallest absolute Gasteiger partial charge is 0.191 e. The Morgan fingerprint density at radius 3 is 2.48 bits per heavy atom. The van der Waals surface area contributed by atoms with Gasteiger partial charge in [-0.05, 0) is 32.9 Å². The van der Waals surface area contributed by atoms with E-state index in [4.69, 9.17) is 0 Å². The molecule has 21 heavy (non-hydrogen) atoms. The number of nitrogens with zero attached hydrogens (tertiary/aromatic N) is 2. The van der Waals surface area contributed by atoms with Gasteiger partial charge >= 0.3 is 0 Å². The van der Waals surface area contributed by atoms with Gasteiger partial charge in [0.25, 0.3) is 0 Å². The second-order valence-electron chi connectivity index (χ2n) is 6.44. The van der Waals surface area contributed by atoms with Gasteiger partial charge in [0, 0.05) is 25.7 Å². The van der Waals surface area contributed by atoms with Crippen molar-refractivity contribution in [3.63, 3.8) is 0 Å². The van der Waals surface area contributed by atoms with E-state index < -0.39 is 9.84 Å². The average Bonchev–Trinajstić information content (AvgIpc) is 2.71. The molecule has 0 aromatic carbocycles. The quantitative estimate of drug-likeness (QED) is 0.545. The van der Waals surface area contributed by atoms with E-state index in [1.807, 2.05) is 0 Å². The fourth-order valence-corrected chi connectivity index (χ4v) is 4.21. The number of aliphatic imine (C=N–C) groups is 1. The van der Waals surface area contributed by atoms with Crippen LogP contribution in [0.25, 0.3) is 0 Å². The predicted octanol–water partition coefficient (Wildman–Crippen LogP) is 0.315. The zero-order valence-electron chi connectivity index (χ0n) is 13.9. The third-order valence-electron chi connectivity index (χ3n) is 3.78. The Morgan fingerprint density at radius 2 is 2.05 bits per heavy atom. The molecule has 124 valence electrons. The number of nitrogens with one attached hydrogen (secondary N) is 2. The van der Waals surface area contributed by atoms with Crippen LogP contribution in [-0.4, -0.2) is 70.6 Å². The van der Waals surface area contributed by atoms with E-state index in [1.165, 1.54) is 0 Å². The minimum Gasteiger partial charge on any atom is -0.355 e. The highest BCUT2D eigenvalue weighted by Crippen LogP contribution is 2.11. The van der Waals surface area contributed by atoms with E-state index in [-0.39, 0.29) is 17.5 Å². The molecule has 0 aromatic rings. The third-order valence-corrected chi connectivity index (χ3v) is 5.54. The summed E-state index contributed by atoms with van der Waals surface area (Å²) in [6, 6.07) is 0.403. The summed E-state index contributed by atoms with van der Waals surface area (Å²) in [4.78, 5) is 6.40. The van der Waals surface area contributed by atoms with Crippen molar-refractivity contribution in [2.45, 2.75) is 38.8 Å². The maximum atomic E-state index is 11.5. The molecule has 0 saturated carbocycles. The predicted molar refractivity (Wildman–Crippen MR) is 88.5 cm³/mol. The Balaban J connectivity index is 2.47. The van der Waals surface area contributed by atoms with Crippen molar-refractivity contribution in [2.75, 3.05) is 39.2 Å². The van der Waals surface area contributed by atoms with Crippen molar-refractivity contribution in [1.82, 2.24) is 15.5 Å². The fourth-order valence-electron chi connectivity index (χ4n) is 2.53. The zero-order chi connectivity index (χ0) is 16.0. The Kier molecular flexibility index (Phi) is 6.93. The van der Waals surface area contributed by atoms with E-state index in [2.05, 4.69) is 48.5 Å². The summed E-state index contributed by atoms with van der Waals surface area (Å²) in [7, 11) is 3.01. The Labute approximate surface area is 129 Å². The molecule has 2 atom stereocenters. The summed E-state index contributed by atoms with van der Waals surface area (Å²) in [6.45, 7) is 5.23. The van der Waals surface area contributed by atoms with E-state index in [9.17, 15) is 8.42 Å². The first-order valence-electron chi connectivity index (χ1n) is 7.57. The summed E-state index contributed by atoms with van der Waals surface area (Å²) < 4.78 is 23.0. The van der Waals surface area contributed by atoms with Gasteiger partial charge in [-0.3, -0.25) is 4.99 Å². The molecule has 1 rings (SSSR count). The lowest BCUT2D eigenvalue weighted by atomic mass is 10.0. The van der Waals surface area contributed by atoms with Crippen LogP contribution in [0, 0.1) is 5.92 Å². The molecule has 1 aliphatic rings. The number of sulfone groups is 1. The monoisotopic (exact) mass is 318 g/mol.